The van der Waals surface area contributed by atoms with Crippen LogP contribution in [0.2, 0.25) is 36.3 Å². The number of fused-ring (bicyclic) bond motifs is 2. The van der Waals surface area contributed by atoms with Gasteiger partial charge in [0.05, 0.1) is 32.0 Å². The fraction of sp³-hybridized carbons (Fsp3) is 0.765. The van der Waals surface area contributed by atoms with Gasteiger partial charge in [-0.15, -0.1) is 0 Å². The second-order valence-corrected chi connectivity index (χ2v) is 25.7. The Labute approximate surface area is 247 Å². The highest BCUT2D eigenvalue weighted by Crippen LogP contribution is 2.56. The van der Waals surface area contributed by atoms with Crippen LogP contribution in [0.3, 0.4) is 0 Å². The number of hydrogen-bond donors (Lipinski definition) is 0. The van der Waals surface area contributed by atoms with Gasteiger partial charge in [-0.25, -0.2) is 0 Å². The van der Waals surface area contributed by atoms with Gasteiger partial charge in [0.2, 0.25) is 0 Å². The molecule has 1 saturated carbocycles. The third kappa shape index (κ3) is 6.73. The highest BCUT2D eigenvalue weighted by Gasteiger charge is 2.58. The summed E-state index contributed by atoms with van der Waals surface area (Å²) in [5.74, 6) is 2.00. The second kappa shape index (κ2) is 11.7. The van der Waals surface area contributed by atoms with Crippen molar-refractivity contribution in [3.05, 3.63) is 47.5 Å². The molecule has 2 fully saturated rings. The van der Waals surface area contributed by atoms with Gasteiger partial charge in [-0.05, 0) is 84.9 Å². The lowest BCUT2D eigenvalue weighted by Crippen LogP contribution is -2.50. The Morgan fingerprint density at radius 1 is 0.875 bits per heavy atom. The number of benzene rings is 1. The Bertz CT molecular complexity index is 1020. The lowest BCUT2D eigenvalue weighted by Gasteiger charge is -2.45. The maximum absolute atomic E-state index is 7.14. The summed E-state index contributed by atoms with van der Waals surface area (Å²) in [7, 11) is -3.85. The van der Waals surface area contributed by atoms with Gasteiger partial charge in [0.1, 0.15) is 6.10 Å². The zero-order valence-electron chi connectivity index (χ0n) is 27.4. The van der Waals surface area contributed by atoms with Crippen molar-refractivity contribution >= 4 is 16.6 Å². The summed E-state index contributed by atoms with van der Waals surface area (Å²) in [6.45, 7) is 28.4. The average Bonchev–Trinajstić information content (AvgIpc) is 3.43. The largest absolute Gasteiger partial charge is 0.414 e. The zero-order valence-corrected chi connectivity index (χ0v) is 29.4. The van der Waals surface area contributed by atoms with Crippen molar-refractivity contribution in [3.63, 3.8) is 0 Å². The van der Waals surface area contributed by atoms with Crippen molar-refractivity contribution in [1.82, 2.24) is 0 Å². The number of allylic oxidation sites excluding steroid dienone is 1. The molecule has 40 heavy (non-hydrogen) atoms. The normalized spacial score (nSPS) is 31.2. The molecule has 1 aliphatic heterocycles. The van der Waals surface area contributed by atoms with Gasteiger partial charge in [-0.2, -0.15) is 0 Å². The van der Waals surface area contributed by atoms with E-state index in [0.29, 0.717) is 43.5 Å². The van der Waals surface area contributed by atoms with E-state index in [1.807, 2.05) is 0 Å². The van der Waals surface area contributed by atoms with Crippen LogP contribution in [0, 0.1) is 23.7 Å². The molecule has 1 heterocycles. The molecule has 0 spiro atoms. The Morgan fingerprint density at radius 2 is 1.50 bits per heavy atom. The van der Waals surface area contributed by atoms with Gasteiger partial charge in [-0.1, -0.05) is 84.4 Å². The topological polar surface area (TPSA) is 36.9 Å². The third-order valence-corrected chi connectivity index (χ3v) is 20.1. The maximum atomic E-state index is 7.14. The standard InChI is InChI=1S/C34H58O4Si2/c1-32(2,3)39(8,9)36-23-30-28-20-26-18-15-19-27(26)29(22-35-21-25-16-13-12-14-17-25)31(28)34(7,38-30)24-37-40(10,11)33(4,5)6/h12-14,16-17,20,26-27,29-31H,15,18-19,21-24H2,1-11H3/t26-,27-,29+,30+,31-,34-/m0/s1. The van der Waals surface area contributed by atoms with Gasteiger partial charge in [0, 0.05) is 5.92 Å². The van der Waals surface area contributed by atoms with Crippen molar-refractivity contribution < 1.29 is 18.3 Å². The molecular formula is C34H58O4Si2. The minimum atomic E-state index is -1.94. The van der Waals surface area contributed by atoms with Crippen LogP contribution in [-0.2, 0) is 24.9 Å². The lowest BCUT2D eigenvalue weighted by atomic mass is 9.64. The average molecular weight is 587 g/mol. The summed E-state index contributed by atoms with van der Waals surface area (Å²) < 4.78 is 27.4. The second-order valence-electron chi connectivity index (χ2n) is 16.1. The molecule has 0 radical (unpaired) electrons. The molecule has 0 bridgehead atoms. The van der Waals surface area contributed by atoms with Crippen LogP contribution in [0.1, 0.15) is 73.3 Å². The van der Waals surface area contributed by atoms with Gasteiger partial charge < -0.3 is 18.3 Å². The number of hydrogen-bond acceptors (Lipinski definition) is 4. The molecule has 0 amide bonds. The first-order chi connectivity index (χ1) is 18.5. The van der Waals surface area contributed by atoms with Crippen LogP contribution in [0.25, 0.3) is 0 Å². The summed E-state index contributed by atoms with van der Waals surface area (Å²) in [5.41, 5.74) is 2.32. The SMILES string of the molecule is CC(C)(C)[Si](C)(C)OC[C@H]1O[C@@](C)(CO[Si](C)(C)C(C)(C)C)[C@H]2C1=C[C@@H]1CCC[C@@H]1[C@H]2COCc1ccccc1. The van der Waals surface area contributed by atoms with E-state index < -0.39 is 22.2 Å². The molecule has 0 unspecified atom stereocenters. The van der Waals surface area contributed by atoms with Crippen molar-refractivity contribution in [1.29, 1.82) is 0 Å². The molecule has 0 N–H and O–H groups in total. The van der Waals surface area contributed by atoms with Gasteiger partial charge in [0.25, 0.3) is 0 Å². The van der Waals surface area contributed by atoms with Gasteiger partial charge >= 0.3 is 0 Å². The molecule has 3 aliphatic rings. The summed E-state index contributed by atoms with van der Waals surface area (Å²) in [6.07, 6.45) is 6.49. The van der Waals surface area contributed by atoms with Crippen LogP contribution in [-0.4, -0.2) is 48.2 Å². The monoisotopic (exact) mass is 586 g/mol. The zero-order chi connectivity index (χ0) is 29.6. The highest BCUT2D eigenvalue weighted by molar-refractivity contribution is 6.74. The smallest absolute Gasteiger partial charge is 0.192 e. The van der Waals surface area contributed by atoms with E-state index in [-0.39, 0.29) is 16.2 Å². The van der Waals surface area contributed by atoms with E-state index in [1.165, 1.54) is 30.4 Å². The highest BCUT2D eigenvalue weighted by atomic mass is 28.4. The molecule has 1 saturated heterocycles. The van der Waals surface area contributed by atoms with E-state index in [9.17, 15) is 0 Å². The molecule has 4 rings (SSSR count). The quantitative estimate of drug-likeness (QED) is 0.202. The van der Waals surface area contributed by atoms with E-state index in [4.69, 9.17) is 18.3 Å². The van der Waals surface area contributed by atoms with E-state index in [1.54, 1.807) is 0 Å². The Hall–Kier alpha value is -0.766. The predicted molar refractivity (Wildman–Crippen MR) is 172 cm³/mol. The van der Waals surface area contributed by atoms with E-state index in [0.717, 1.165) is 6.61 Å². The fourth-order valence-corrected chi connectivity index (χ4v) is 8.66. The molecular weight excluding hydrogens is 529 g/mol. The fourth-order valence-electron chi connectivity index (χ4n) is 6.58. The Morgan fingerprint density at radius 3 is 2.12 bits per heavy atom. The maximum Gasteiger partial charge on any atom is 0.192 e. The Balaban J connectivity index is 1.62. The first-order valence-electron chi connectivity index (χ1n) is 15.7. The number of rotatable bonds is 10. The van der Waals surface area contributed by atoms with Gasteiger partial charge in [0.15, 0.2) is 16.6 Å². The molecule has 1 aromatic rings. The molecule has 226 valence electrons. The molecule has 1 aromatic carbocycles. The molecule has 6 heteroatoms. The number of ether oxygens (including phenoxy) is 2. The lowest BCUT2D eigenvalue weighted by molar-refractivity contribution is -0.103. The first-order valence-corrected chi connectivity index (χ1v) is 21.6. The third-order valence-electron chi connectivity index (χ3n) is 11.2. The van der Waals surface area contributed by atoms with Crippen LogP contribution in [0.15, 0.2) is 42.0 Å². The summed E-state index contributed by atoms with van der Waals surface area (Å²) >= 11 is 0. The Kier molecular flexibility index (Phi) is 9.43. The molecule has 0 aromatic heterocycles. The minimum absolute atomic E-state index is 0.00897. The van der Waals surface area contributed by atoms with Crippen molar-refractivity contribution in [2.24, 2.45) is 23.7 Å². The van der Waals surface area contributed by atoms with Crippen LogP contribution in [0.5, 0.6) is 0 Å². The van der Waals surface area contributed by atoms with E-state index >= 15 is 0 Å². The van der Waals surface area contributed by atoms with Crippen molar-refractivity contribution in [3.8, 4) is 0 Å². The first kappa shape index (κ1) is 32.2. The van der Waals surface area contributed by atoms with E-state index in [2.05, 4.69) is 111 Å². The predicted octanol–water partition coefficient (Wildman–Crippen LogP) is 8.99. The van der Waals surface area contributed by atoms with Crippen molar-refractivity contribution in [2.75, 3.05) is 19.8 Å². The minimum Gasteiger partial charge on any atom is -0.414 e. The molecule has 2 aliphatic carbocycles. The van der Waals surface area contributed by atoms with Gasteiger partial charge in [-0.3, -0.25) is 0 Å². The van der Waals surface area contributed by atoms with Crippen LogP contribution >= 0.6 is 0 Å². The summed E-state index contributed by atoms with van der Waals surface area (Å²) in [6, 6.07) is 10.6. The van der Waals surface area contributed by atoms with Crippen molar-refractivity contribution in [2.45, 2.75) is 122 Å². The van der Waals surface area contributed by atoms with Crippen LogP contribution < -0.4 is 0 Å². The summed E-state index contributed by atoms with van der Waals surface area (Å²) in [4.78, 5) is 0. The van der Waals surface area contributed by atoms with Crippen LogP contribution in [0.4, 0.5) is 0 Å². The molecule has 6 atom stereocenters. The molecule has 4 nitrogen and oxygen atoms in total. The summed E-state index contributed by atoms with van der Waals surface area (Å²) in [5, 5.41) is 0.331.